The fourth-order valence-electron chi connectivity index (χ4n) is 3.33. The van der Waals surface area contributed by atoms with Gasteiger partial charge in [0.15, 0.2) is 0 Å². The van der Waals surface area contributed by atoms with Gasteiger partial charge in [0.1, 0.15) is 0 Å². The van der Waals surface area contributed by atoms with Crippen LogP contribution in [0.4, 0.5) is 0 Å². The standard InChI is InChI=1S/C26H50O5/c1-3-5-7-17-23-30-25(27)19-13-9-11-15-21-29-22-16-12-10-14-20-26(28)31-24-18-8-6-4-2/h3-24H2,1-2H3. The topological polar surface area (TPSA) is 61.8 Å². The van der Waals surface area contributed by atoms with E-state index in [1.54, 1.807) is 0 Å². The molecule has 5 heteroatoms. The first-order valence-electron chi connectivity index (χ1n) is 13.1. The molecule has 0 radical (unpaired) electrons. The fraction of sp³-hybridized carbons (Fsp3) is 0.923. The summed E-state index contributed by atoms with van der Waals surface area (Å²) in [6.07, 6.45) is 18.5. The quantitative estimate of drug-likeness (QED) is 0.117. The molecule has 0 N–H and O–H groups in total. The lowest BCUT2D eigenvalue weighted by molar-refractivity contribution is -0.144. The summed E-state index contributed by atoms with van der Waals surface area (Å²) >= 11 is 0. The van der Waals surface area contributed by atoms with Crippen LogP contribution in [0.5, 0.6) is 0 Å². The van der Waals surface area contributed by atoms with Crippen molar-refractivity contribution in [2.75, 3.05) is 26.4 Å². The molecule has 184 valence electrons. The van der Waals surface area contributed by atoms with E-state index in [0.717, 1.165) is 90.3 Å². The average molecular weight is 443 g/mol. The molecule has 0 spiro atoms. The Bertz CT molecular complexity index is 361. The van der Waals surface area contributed by atoms with Crippen LogP contribution < -0.4 is 0 Å². The summed E-state index contributed by atoms with van der Waals surface area (Å²) in [5.41, 5.74) is 0. The van der Waals surface area contributed by atoms with Gasteiger partial charge in [0.05, 0.1) is 13.2 Å². The summed E-state index contributed by atoms with van der Waals surface area (Å²) in [7, 11) is 0. The molecule has 0 aromatic rings. The van der Waals surface area contributed by atoms with E-state index in [9.17, 15) is 9.59 Å². The van der Waals surface area contributed by atoms with E-state index in [1.165, 1.54) is 25.7 Å². The number of carbonyl (C=O) groups excluding carboxylic acids is 2. The van der Waals surface area contributed by atoms with E-state index >= 15 is 0 Å². The molecule has 0 atom stereocenters. The van der Waals surface area contributed by atoms with Crippen molar-refractivity contribution < 1.29 is 23.8 Å². The van der Waals surface area contributed by atoms with Gasteiger partial charge in [-0.25, -0.2) is 0 Å². The molecule has 0 heterocycles. The van der Waals surface area contributed by atoms with Crippen LogP contribution in [-0.4, -0.2) is 38.4 Å². The highest BCUT2D eigenvalue weighted by Gasteiger charge is 2.03. The third-order valence-electron chi connectivity index (χ3n) is 5.36. The summed E-state index contributed by atoms with van der Waals surface area (Å²) in [4.78, 5) is 23.2. The van der Waals surface area contributed by atoms with Crippen LogP contribution in [0.1, 0.15) is 129 Å². The molecule has 0 saturated heterocycles. The smallest absolute Gasteiger partial charge is 0.305 e. The van der Waals surface area contributed by atoms with Gasteiger partial charge in [-0.05, 0) is 38.5 Å². The zero-order valence-corrected chi connectivity index (χ0v) is 20.6. The van der Waals surface area contributed by atoms with Gasteiger partial charge in [0.25, 0.3) is 0 Å². The number of carbonyl (C=O) groups is 2. The molecule has 0 rings (SSSR count). The minimum Gasteiger partial charge on any atom is -0.466 e. The van der Waals surface area contributed by atoms with Crippen molar-refractivity contribution in [1.82, 2.24) is 0 Å². The highest BCUT2D eigenvalue weighted by atomic mass is 16.5. The van der Waals surface area contributed by atoms with E-state index in [-0.39, 0.29) is 11.9 Å². The summed E-state index contributed by atoms with van der Waals surface area (Å²) in [6, 6.07) is 0. The summed E-state index contributed by atoms with van der Waals surface area (Å²) in [6.45, 7) is 7.11. The van der Waals surface area contributed by atoms with Crippen LogP contribution >= 0.6 is 0 Å². The van der Waals surface area contributed by atoms with E-state index in [1.807, 2.05) is 0 Å². The number of esters is 2. The number of hydrogen-bond donors (Lipinski definition) is 0. The third kappa shape index (κ3) is 25.0. The number of rotatable bonds is 24. The molecule has 5 nitrogen and oxygen atoms in total. The molecule has 0 amide bonds. The molecule has 0 aromatic heterocycles. The van der Waals surface area contributed by atoms with Gasteiger partial charge in [-0.2, -0.15) is 0 Å². The van der Waals surface area contributed by atoms with Crippen molar-refractivity contribution in [3.05, 3.63) is 0 Å². The van der Waals surface area contributed by atoms with Crippen LogP contribution in [0.15, 0.2) is 0 Å². The van der Waals surface area contributed by atoms with E-state index in [0.29, 0.717) is 26.1 Å². The molecule has 31 heavy (non-hydrogen) atoms. The van der Waals surface area contributed by atoms with Gasteiger partial charge in [-0.3, -0.25) is 9.59 Å². The van der Waals surface area contributed by atoms with E-state index in [4.69, 9.17) is 14.2 Å². The second-order valence-corrected chi connectivity index (χ2v) is 8.50. The van der Waals surface area contributed by atoms with Crippen LogP contribution in [0.3, 0.4) is 0 Å². The van der Waals surface area contributed by atoms with Crippen molar-refractivity contribution in [1.29, 1.82) is 0 Å². The lowest BCUT2D eigenvalue weighted by Crippen LogP contribution is -2.06. The SMILES string of the molecule is CCCCCCOC(=O)CCCCCCOCCCCCCC(=O)OCCCCCC. The van der Waals surface area contributed by atoms with Gasteiger partial charge >= 0.3 is 11.9 Å². The third-order valence-corrected chi connectivity index (χ3v) is 5.36. The van der Waals surface area contributed by atoms with Crippen LogP contribution in [0.25, 0.3) is 0 Å². The van der Waals surface area contributed by atoms with Crippen LogP contribution in [-0.2, 0) is 23.8 Å². The van der Waals surface area contributed by atoms with Crippen molar-refractivity contribution in [2.45, 2.75) is 129 Å². The first kappa shape index (κ1) is 29.9. The normalized spacial score (nSPS) is 10.9. The summed E-state index contributed by atoms with van der Waals surface area (Å²) in [5.74, 6) is -0.0963. The second kappa shape index (κ2) is 25.2. The Balaban J connectivity index is 3.19. The monoisotopic (exact) mass is 442 g/mol. The predicted octanol–water partition coefficient (Wildman–Crippen LogP) is 7.15. The Morgan fingerprint density at radius 3 is 1.23 bits per heavy atom. The molecular weight excluding hydrogens is 392 g/mol. The molecule has 0 unspecified atom stereocenters. The van der Waals surface area contributed by atoms with E-state index in [2.05, 4.69) is 13.8 Å². The van der Waals surface area contributed by atoms with Crippen LogP contribution in [0.2, 0.25) is 0 Å². The van der Waals surface area contributed by atoms with Crippen LogP contribution in [0, 0.1) is 0 Å². The highest BCUT2D eigenvalue weighted by Crippen LogP contribution is 2.08. The Morgan fingerprint density at radius 2 is 0.806 bits per heavy atom. The molecular formula is C26H50O5. The fourth-order valence-corrected chi connectivity index (χ4v) is 3.33. The Kier molecular flexibility index (Phi) is 24.3. The average Bonchev–Trinajstić information content (AvgIpc) is 2.76. The maximum absolute atomic E-state index is 11.6. The summed E-state index contributed by atoms with van der Waals surface area (Å²) in [5, 5.41) is 0. The Labute approximate surface area is 192 Å². The van der Waals surface area contributed by atoms with Gasteiger partial charge in [0, 0.05) is 26.1 Å². The summed E-state index contributed by atoms with van der Waals surface area (Å²) < 4.78 is 16.2. The lowest BCUT2D eigenvalue weighted by Gasteiger charge is -2.06. The minimum atomic E-state index is -0.0482. The zero-order valence-electron chi connectivity index (χ0n) is 20.6. The Morgan fingerprint density at radius 1 is 0.452 bits per heavy atom. The second-order valence-electron chi connectivity index (χ2n) is 8.50. The first-order chi connectivity index (χ1) is 15.2. The first-order valence-corrected chi connectivity index (χ1v) is 13.1. The van der Waals surface area contributed by atoms with Crippen molar-refractivity contribution >= 4 is 11.9 Å². The van der Waals surface area contributed by atoms with Gasteiger partial charge in [-0.15, -0.1) is 0 Å². The molecule has 0 aliphatic heterocycles. The number of ether oxygens (including phenoxy) is 3. The molecule has 0 bridgehead atoms. The zero-order chi connectivity index (χ0) is 22.8. The number of unbranched alkanes of at least 4 members (excludes halogenated alkanes) is 12. The van der Waals surface area contributed by atoms with Gasteiger partial charge < -0.3 is 14.2 Å². The Hall–Kier alpha value is -1.10. The predicted molar refractivity (Wildman–Crippen MR) is 127 cm³/mol. The molecule has 0 aromatic carbocycles. The van der Waals surface area contributed by atoms with Crippen molar-refractivity contribution in [3.8, 4) is 0 Å². The van der Waals surface area contributed by atoms with Gasteiger partial charge in [-0.1, -0.05) is 78.1 Å². The van der Waals surface area contributed by atoms with Crippen molar-refractivity contribution in [2.24, 2.45) is 0 Å². The molecule has 0 saturated carbocycles. The maximum atomic E-state index is 11.6. The molecule has 0 fully saturated rings. The van der Waals surface area contributed by atoms with E-state index < -0.39 is 0 Å². The highest BCUT2D eigenvalue weighted by molar-refractivity contribution is 5.69. The molecule has 0 aliphatic carbocycles. The minimum absolute atomic E-state index is 0.0482. The number of hydrogen-bond acceptors (Lipinski definition) is 5. The van der Waals surface area contributed by atoms with Crippen molar-refractivity contribution in [3.63, 3.8) is 0 Å². The lowest BCUT2D eigenvalue weighted by atomic mass is 10.1. The van der Waals surface area contributed by atoms with Gasteiger partial charge in [0.2, 0.25) is 0 Å². The molecule has 0 aliphatic rings. The largest absolute Gasteiger partial charge is 0.466 e. The maximum Gasteiger partial charge on any atom is 0.305 e.